The fourth-order valence-corrected chi connectivity index (χ4v) is 2.34. The van der Waals surface area contributed by atoms with E-state index >= 15 is 0 Å². The number of hydrogen-bond acceptors (Lipinski definition) is 5. The van der Waals surface area contributed by atoms with E-state index in [-0.39, 0.29) is 11.9 Å². The molecular weight excluding hydrogens is 344 g/mol. The largest absolute Gasteiger partial charge is 0.463 e. The summed E-state index contributed by atoms with van der Waals surface area (Å²) in [6.45, 7) is 2.10. The Kier molecular flexibility index (Phi) is 5.73. The zero-order valence-electron chi connectivity index (χ0n) is 14.7. The first kappa shape index (κ1) is 18.1. The molecule has 136 valence electrons. The zero-order chi connectivity index (χ0) is 19.1. The summed E-state index contributed by atoms with van der Waals surface area (Å²) >= 11 is 0. The van der Waals surface area contributed by atoms with Crippen LogP contribution in [0.5, 0.6) is 0 Å². The highest BCUT2D eigenvalue weighted by Gasteiger charge is 2.07. The second-order valence-corrected chi connectivity index (χ2v) is 5.55. The van der Waals surface area contributed by atoms with Gasteiger partial charge in [0.1, 0.15) is 12.7 Å². The van der Waals surface area contributed by atoms with Crippen LogP contribution < -0.4 is 5.32 Å². The third-order valence-electron chi connectivity index (χ3n) is 3.68. The molecule has 1 heterocycles. The van der Waals surface area contributed by atoms with Crippen LogP contribution >= 0.6 is 0 Å². The van der Waals surface area contributed by atoms with Crippen LogP contribution in [0.1, 0.15) is 22.8 Å². The minimum atomic E-state index is -0.385. The Bertz CT molecular complexity index is 930. The summed E-state index contributed by atoms with van der Waals surface area (Å²) in [5, 5.41) is 6.88. The van der Waals surface area contributed by atoms with Crippen LogP contribution in [-0.2, 0) is 9.53 Å². The molecule has 0 aliphatic heterocycles. The minimum absolute atomic E-state index is 0.213. The molecule has 7 heteroatoms. The number of aromatic nitrogens is 3. The Morgan fingerprint density at radius 2 is 1.85 bits per heavy atom. The first-order valence-electron chi connectivity index (χ1n) is 8.37. The number of ether oxygens (including phenoxy) is 1. The zero-order valence-corrected chi connectivity index (χ0v) is 14.7. The number of nitrogens with zero attached hydrogens (tertiary/aromatic N) is 3. The fraction of sp³-hybridized carbons (Fsp3) is 0.100. The van der Waals surface area contributed by atoms with E-state index in [0.29, 0.717) is 17.9 Å². The van der Waals surface area contributed by atoms with Crippen molar-refractivity contribution in [3.63, 3.8) is 0 Å². The third-order valence-corrected chi connectivity index (χ3v) is 3.68. The molecule has 0 aliphatic rings. The lowest BCUT2D eigenvalue weighted by Crippen LogP contribution is -2.11. The highest BCUT2D eigenvalue weighted by molar-refractivity contribution is 6.04. The van der Waals surface area contributed by atoms with E-state index in [4.69, 9.17) is 4.74 Å². The van der Waals surface area contributed by atoms with E-state index in [1.165, 1.54) is 12.4 Å². The van der Waals surface area contributed by atoms with E-state index in [1.807, 2.05) is 0 Å². The van der Waals surface area contributed by atoms with Crippen molar-refractivity contribution in [2.24, 2.45) is 0 Å². The molecule has 0 radical (unpaired) electrons. The van der Waals surface area contributed by atoms with E-state index in [1.54, 1.807) is 72.5 Å². The summed E-state index contributed by atoms with van der Waals surface area (Å²) in [6.07, 6.45) is 6.07. The Balaban J connectivity index is 1.61. The van der Waals surface area contributed by atoms with Crippen LogP contribution in [0, 0.1) is 0 Å². The fourth-order valence-electron chi connectivity index (χ4n) is 2.34. The average Bonchev–Trinajstić information content (AvgIpc) is 3.23. The maximum atomic E-state index is 12.4. The molecule has 3 aromatic rings. The second-order valence-electron chi connectivity index (χ2n) is 5.55. The van der Waals surface area contributed by atoms with Gasteiger partial charge in [0, 0.05) is 17.3 Å². The van der Waals surface area contributed by atoms with Crippen LogP contribution in [0.3, 0.4) is 0 Å². The predicted molar refractivity (Wildman–Crippen MR) is 101 cm³/mol. The first-order chi connectivity index (χ1) is 13.2. The molecular formula is C20H18N4O3. The quantitative estimate of drug-likeness (QED) is 0.538. The second kappa shape index (κ2) is 8.57. The summed E-state index contributed by atoms with van der Waals surface area (Å²) in [6, 6.07) is 14.2. The molecule has 0 fully saturated rings. The summed E-state index contributed by atoms with van der Waals surface area (Å²) < 4.78 is 6.44. The van der Waals surface area contributed by atoms with E-state index < -0.39 is 0 Å². The predicted octanol–water partition coefficient (Wildman–Crippen LogP) is 3.10. The first-order valence-corrected chi connectivity index (χ1v) is 8.37. The standard InChI is InChI=1S/C20H18N4O3/c1-2-27-19(25)12-5-15-3-8-17(9-4-15)23-20(26)16-6-10-18(11-7-16)24-14-21-13-22-24/h3-14H,2H2,1H3,(H,23,26). The molecule has 0 spiro atoms. The number of carbonyl (C=O) groups is 2. The summed E-state index contributed by atoms with van der Waals surface area (Å²) in [5.74, 6) is -0.598. The molecule has 1 aromatic heterocycles. The molecule has 0 aliphatic carbocycles. The molecule has 0 unspecified atom stereocenters. The van der Waals surface area contributed by atoms with Crippen molar-refractivity contribution in [3.8, 4) is 5.69 Å². The SMILES string of the molecule is CCOC(=O)C=Cc1ccc(NC(=O)c2ccc(-n3cncn3)cc2)cc1. The molecule has 0 atom stereocenters. The van der Waals surface area contributed by atoms with Crippen molar-refractivity contribution >= 4 is 23.6 Å². The van der Waals surface area contributed by atoms with Crippen molar-refractivity contribution in [1.29, 1.82) is 0 Å². The molecule has 0 saturated carbocycles. The molecule has 27 heavy (non-hydrogen) atoms. The molecule has 7 nitrogen and oxygen atoms in total. The highest BCUT2D eigenvalue weighted by atomic mass is 16.5. The molecule has 1 N–H and O–H groups in total. The number of carbonyl (C=O) groups excluding carboxylic acids is 2. The van der Waals surface area contributed by atoms with Gasteiger partial charge >= 0.3 is 5.97 Å². The van der Waals surface area contributed by atoms with Gasteiger partial charge in [0.05, 0.1) is 12.3 Å². The number of rotatable bonds is 6. The number of nitrogens with one attached hydrogen (secondary N) is 1. The maximum absolute atomic E-state index is 12.4. The van der Waals surface area contributed by atoms with Gasteiger partial charge in [-0.25, -0.2) is 14.5 Å². The minimum Gasteiger partial charge on any atom is -0.463 e. The van der Waals surface area contributed by atoms with Crippen molar-refractivity contribution in [2.45, 2.75) is 6.92 Å². The smallest absolute Gasteiger partial charge is 0.330 e. The van der Waals surface area contributed by atoms with Gasteiger partial charge in [0.2, 0.25) is 0 Å². The van der Waals surface area contributed by atoms with Crippen molar-refractivity contribution < 1.29 is 14.3 Å². The van der Waals surface area contributed by atoms with Crippen LogP contribution in [0.4, 0.5) is 5.69 Å². The lowest BCUT2D eigenvalue weighted by molar-refractivity contribution is -0.137. The van der Waals surface area contributed by atoms with Gasteiger partial charge in [-0.1, -0.05) is 12.1 Å². The van der Waals surface area contributed by atoms with Gasteiger partial charge in [-0.2, -0.15) is 5.10 Å². The van der Waals surface area contributed by atoms with Crippen molar-refractivity contribution in [3.05, 3.63) is 78.4 Å². The Hall–Kier alpha value is -3.74. The van der Waals surface area contributed by atoms with Gasteiger partial charge in [-0.05, 0) is 55.0 Å². The maximum Gasteiger partial charge on any atom is 0.330 e. The van der Waals surface area contributed by atoms with E-state index in [0.717, 1.165) is 11.3 Å². The van der Waals surface area contributed by atoms with E-state index in [2.05, 4.69) is 15.4 Å². The lowest BCUT2D eigenvalue weighted by atomic mass is 10.1. The third kappa shape index (κ3) is 4.88. The Morgan fingerprint density at radius 1 is 1.11 bits per heavy atom. The number of benzene rings is 2. The van der Waals surface area contributed by atoms with E-state index in [9.17, 15) is 9.59 Å². The molecule has 1 amide bonds. The monoisotopic (exact) mass is 362 g/mol. The Labute approximate surface area is 156 Å². The summed E-state index contributed by atoms with van der Waals surface area (Å²) in [5.41, 5.74) is 2.85. The van der Waals surface area contributed by atoms with Gasteiger partial charge in [-0.3, -0.25) is 4.79 Å². The van der Waals surface area contributed by atoms with Crippen LogP contribution in [-0.4, -0.2) is 33.2 Å². The molecule has 0 bridgehead atoms. The Morgan fingerprint density at radius 3 is 2.48 bits per heavy atom. The van der Waals surface area contributed by atoms with Crippen LogP contribution in [0.15, 0.2) is 67.3 Å². The lowest BCUT2D eigenvalue weighted by Gasteiger charge is -2.07. The van der Waals surface area contributed by atoms with Crippen molar-refractivity contribution in [1.82, 2.24) is 14.8 Å². The number of esters is 1. The highest BCUT2D eigenvalue weighted by Crippen LogP contribution is 2.14. The number of amides is 1. The average molecular weight is 362 g/mol. The molecule has 2 aromatic carbocycles. The molecule has 0 saturated heterocycles. The van der Waals surface area contributed by atoms with Crippen LogP contribution in [0.2, 0.25) is 0 Å². The molecule has 3 rings (SSSR count). The summed E-state index contributed by atoms with van der Waals surface area (Å²) in [7, 11) is 0. The van der Waals surface area contributed by atoms with Gasteiger partial charge in [-0.15, -0.1) is 0 Å². The van der Waals surface area contributed by atoms with Gasteiger partial charge < -0.3 is 10.1 Å². The summed E-state index contributed by atoms with van der Waals surface area (Å²) in [4.78, 5) is 27.6. The van der Waals surface area contributed by atoms with Gasteiger partial charge in [0.25, 0.3) is 5.91 Å². The van der Waals surface area contributed by atoms with Crippen LogP contribution in [0.25, 0.3) is 11.8 Å². The topological polar surface area (TPSA) is 86.1 Å². The van der Waals surface area contributed by atoms with Gasteiger partial charge in [0.15, 0.2) is 0 Å². The normalized spacial score (nSPS) is 10.7. The number of hydrogen-bond donors (Lipinski definition) is 1. The van der Waals surface area contributed by atoms with Crippen molar-refractivity contribution in [2.75, 3.05) is 11.9 Å². The number of anilines is 1.